The SMILES string of the molecule is O=C(NC(=S)Nc1cccc(Oc2ccccc2)c1)c1cncnc1. The summed E-state index contributed by atoms with van der Waals surface area (Å²) in [5.74, 6) is 1.01. The molecule has 0 aliphatic heterocycles. The molecule has 1 aromatic heterocycles. The van der Waals surface area contributed by atoms with Crippen molar-refractivity contribution >= 4 is 28.9 Å². The van der Waals surface area contributed by atoms with Crippen LogP contribution in [0.5, 0.6) is 11.5 Å². The lowest BCUT2D eigenvalue weighted by Gasteiger charge is -2.11. The Morgan fingerprint density at radius 1 is 0.960 bits per heavy atom. The average Bonchev–Trinajstić information content (AvgIpc) is 2.63. The molecule has 0 aliphatic rings. The highest BCUT2D eigenvalue weighted by atomic mass is 32.1. The van der Waals surface area contributed by atoms with E-state index in [1.165, 1.54) is 18.7 Å². The predicted octanol–water partition coefficient (Wildman–Crippen LogP) is 3.40. The van der Waals surface area contributed by atoms with Crippen LogP contribution in [0.1, 0.15) is 10.4 Å². The zero-order valence-electron chi connectivity index (χ0n) is 13.0. The molecule has 0 unspecified atom stereocenters. The molecule has 0 aliphatic carbocycles. The monoisotopic (exact) mass is 350 g/mol. The van der Waals surface area contributed by atoms with Gasteiger partial charge in [-0.3, -0.25) is 10.1 Å². The second kappa shape index (κ2) is 7.98. The van der Waals surface area contributed by atoms with Gasteiger partial charge in [0.2, 0.25) is 0 Å². The van der Waals surface area contributed by atoms with Gasteiger partial charge in [0.15, 0.2) is 5.11 Å². The first-order valence-corrected chi connectivity index (χ1v) is 7.82. The average molecular weight is 350 g/mol. The smallest absolute Gasteiger partial charge is 0.260 e. The van der Waals surface area contributed by atoms with Gasteiger partial charge in [0.05, 0.1) is 5.56 Å². The lowest BCUT2D eigenvalue weighted by atomic mass is 10.3. The van der Waals surface area contributed by atoms with Crippen LogP contribution in [0, 0.1) is 0 Å². The van der Waals surface area contributed by atoms with Crippen LogP contribution in [-0.4, -0.2) is 21.0 Å². The van der Waals surface area contributed by atoms with Gasteiger partial charge in [0.1, 0.15) is 17.8 Å². The molecular weight excluding hydrogens is 336 g/mol. The van der Waals surface area contributed by atoms with E-state index in [0.717, 1.165) is 5.75 Å². The minimum absolute atomic E-state index is 0.172. The van der Waals surface area contributed by atoms with E-state index in [9.17, 15) is 4.79 Å². The number of ether oxygens (including phenoxy) is 1. The van der Waals surface area contributed by atoms with Crippen LogP contribution in [0.2, 0.25) is 0 Å². The number of hydrogen-bond acceptors (Lipinski definition) is 5. The van der Waals surface area contributed by atoms with Crippen molar-refractivity contribution in [3.8, 4) is 11.5 Å². The molecule has 0 bridgehead atoms. The Morgan fingerprint density at radius 2 is 1.68 bits per heavy atom. The summed E-state index contributed by atoms with van der Waals surface area (Å²) in [6.07, 6.45) is 4.18. The molecule has 2 aromatic carbocycles. The molecule has 7 heteroatoms. The number of nitrogens with zero attached hydrogens (tertiary/aromatic N) is 2. The van der Waals surface area contributed by atoms with Crippen LogP contribution in [-0.2, 0) is 0 Å². The zero-order valence-corrected chi connectivity index (χ0v) is 13.9. The van der Waals surface area contributed by atoms with Gasteiger partial charge in [-0.2, -0.15) is 0 Å². The molecular formula is C18H14N4O2S. The summed E-state index contributed by atoms with van der Waals surface area (Å²) in [5.41, 5.74) is 1.02. The zero-order chi connectivity index (χ0) is 17.5. The van der Waals surface area contributed by atoms with E-state index in [1.54, 1.807) is 6.07 Å². The van der Waals surface area contributed by atoms with Crippen LogP contribution in [0.15, 0.2) is 73.3 Å². The number of carbonyl (C=O) groups excluding carboxylic acids is 1. The molecule has 6 nitrogen and oxygen atoms in total. The van der Waals surface area contributed by atoms with Crippen molar-refractivity contribution in [1.29, 1.82) is 0 Å². The Labute approximate surface area is 149 Å². The van der Waals surface area contributed by atoms with Gasteiger partial charge in [0, 0.05) is 24.1 Å². The number of nitrogens with one attached hydrogen (secondary N) is 2. The van der Waals surface area contributed by atoms with E-state index in [1.807, 2.05) is 48.5 Å². The Kier molecular flexibility index (Phi) is 5.28. The van der Waals surface area contributed by atoms with Crippen LogP contribution in [0.3, 0.4) is 0 Å². The Hall–Kier alpha value is -3.32. The largest absolute Gasteiger partial charge is 0.457 e. The maximum atomic E-state index is 12.0. The molecule has 25 heavy (non-hydrogen) atoms. The van der Waals surface area contributed by atoms with Gasteiger partial charge < -0.3 is 10.1 Å². The van der Waals surface area contributed by atoms with Gasteiger partial charge in [-0.1, -0.05) is 24.3 Å². The summed E-state index contributed by atoms with van der Waals surface area (Å²) in [6, 6.07) is 16.7. The van der Waals surface area contributed by atoms with E-state index in [4.69, 9.17) is 17.0 Å². The lowest BCUT2D eigenvalue weighted by molar-refractivity contribution is 0.0977. The molecule has 0 radical (unpaired) electrons. The number of benzene rings is 2. The van der Waals surface area contributed by atoms with Crippen molar-refractivity contribution in [1.82, 2.24) is 15.3 Å². The molecule has 0 spiro atoms. The van der Waals surface area contributed by atoms with E-state index < -0.39 is 0 Å². The minimum atomic E-state index is -0.380. The van der Waals surface area contributed by atoms with Crippen molar-refractivity contribution < 1.29 is 9.53 Å². The summed E-state index contributed by atoms with van der Waals surface area (Å²) in [5, 5.41) is 5.69. The summed E-state index contributed by atoms with van der Waals surface area (Å²) >= 11 is 5.16. The van der Waals surface area contributed by atoms with E-state index in [2.05, 4.69) is 20.6 Å². The Balaban J connectivity index is 1.62. The fraction of sp³-hybridized carbons (Fsp3) is 0. The second-order valence-electron chi connectivity index (χ2n) is 4.98. The first-order valence-electron chi connectivity index (χ1n) is 7.41. The number of carbonyl (C=O) groups is 1. The topological polar surface area (TPSA) is 76.1 Å². The van der Waals surface area contributed by atoms with Gasteiger partial charge in [-0.25, -0.2) is 9.97 Å². The van der Waals surface area contributed by atoms with E-state index in [-0.39, 0.29) is 11.0 Å². The summed E-state index contributed by atoms with van der Waals surface area (Å²) in [7, 11) is 0. The quantitative estimate of drug-likeness (QED) is 0.703. The third-order valence-corrected chi connectivity index (χ3v) is 3.32. The van der Waals surface area contributed by atoms with Crippen LogP contribution >= 0.6 is 12.2 Å². The van der Waals surface area contributed by atoms with Crippen molar-refractivity contribution in [2.24, 2.45) is 0 Å². The fourth-order valence-electron chi connectivity index (χ4n) is 2.02. The highest BCUT2D eigenvalue weighted by molar-refractivity contribution is 7.80. The van der Waals surface area contributed by atoms with Crippen LogP contribution in [0.4, 0.5) is 5.69 Å². The summed E-state index contributed by atoms with van der Waals surface area (Å²) in [4.78, 5) is 19.6. The van der Waals surface area contributed by atoms with Gasteiger partial charge in [0.25, 0.3) is 5.91 Å². The number of para-hydroxylation sites is 1. The number of hydrogen-bond donors (Lipinski definition) is 2. The molecule has 1 amide bonds. The van der Waals surface area contributed by atoms with Crippen LogP contribution in [0.25, 0.3) is 0 Å². The highest BCUT2D eigenvalue weighted by Crippen LogP contribution is 2.23. The number of thiocarbonyl (C=S) groups is 1. The first kappa shape index (κ1) is 16.5. The molecule has 0 saturated carbocycles. The lowest BCUT2D eigenvalue weighted by Crippen LogP contribution is -2.34. The van der Waals surface area contributed by atoms with Crippen LogP contribution < -0.4 is 15.4 Å². The van der Waals surface area contributed by atoms with Gasteiger partial charge >= 0.3 is 0 Å². The first-order chi connectivity index (χ1) is 12.2. The maximum absolute atomic E-state index is 12.0. The summed E-state index contributed by atoms with van der Waals surface area (Å²) in [6.45, 7) is 0. The Bertz CT molecular complexity index is 873. The molecule has 2 N–H and O–H groups in total. The normalized spacial score (nSPS) is 9.92. The van der Waals surface area contributed by atoms with Crippen molar-refractivity contribution in [3.05, 3.63) is 78.9 Å². The highest BCUT2D eigenvalue weighted by Gasteiger charge is 2.08. The van der Waals surface area contributed by atoms with Gasteiger partial charge in [-0.15, -0.1) is 0 Å². The Morgan fingerprint density at radius 3 is 2.44 bits per heavy atom. The van der Waals surface area contributed by atoms with E-state index >= 15 is 0 Å². The molecule has 124 valence electrons. The number of aromatic nitrogens is 2. The minimum Gasteiger partial charge on any atom is -0.457 e. The number of anilines is 1. The van der Waals surface area contributed by atoms with E-state index in [0.29, 0.717) is 17.0 Å². The number of amides is 1. The second-order valence-corrected chi connectivity index (χ2v) is 5.39. The molecule has 3 rings (SSSR count). The van der Waals surface area contributed by atoms with Crippen molar-refractivity contribution in [3.63, 3.8) is 0 Å². The number of rotatable bonds is 4. The molecule has 3 aromatic rings. The van der Waals surface area contributed by atoms with Crippen molar-refractivity contribution in [2.45, 2.75) is 0 Å². The standard InChI is InChI=1S/C18H14N4O2S/c23-17(13-10-19-12-20-11-13)22-18(25)21-14-5-4-8-16(9-14)24-15-6-2-1-3-7-15/h1-12H,(H2,21,22,23,25). The van der Waals surface area contributed by atoms with Gasteiger partial charge in [-0.05, 0) is 36.5 Å². The molecule has 0 saturated heterocycles. The predicted molar refractivity (Wildman–Crippen MR) is 98.7 cm³/mol. The molecule has 1 heterocycles. The third-order valence-electron chi connectivity index (χ3n) is 3.12. The molecule has 0 atom stereocenters. The third kappa shape index (κ3) is 4.82. The maximum Gasteiger partial charge on any atom is 0.260 e. The summed E-state index contributed by atoms with van der Waals surface area (Å²) < 4.78 is 5.76. The van der Waals surface area contributed by atoms with Crippen molar-refractivity contribution in [2.75, 3.05) is 5.32 Å². The fourth-order valence-corrected chi connectivity index (χ4v) is 2.23. The molecule has 0 fully saturated rings.